The second-order valence-corrected chi connectivity index (χ2v) is 7.52. The molecule has 1 aliphatic rings. The Morgan fingerprint density at radius 2 is 1.69 bits per heavy atom. The molecule has 1 aromatic heterocycles. The van der Waals surface area contributed by atoms with E-state index in [-0.39, 0.29) is 24.2 Å². The van der Waals surface area contributed by atoms with Crippen LogP contribution in [0.15, 0.2) is 54.6 Å². The third-order valence-corrected chi connectivity index (χ3v) is 5.38. The number of rotatable bonds is 4. The van der Waals surface area contributed by atoms with Gasteiger partial charge < -0.3 is 10.2 Å². The molecule has 29 heavy (non-hydrogen) atoms. The summed E-state index contributed by atoms with van der Waals surface area (Å²) in [5, 5.41) is 7.58. The van der Waals surface area contributed by atoms with Crippen LogP contribution in [0.1, 0.15) is 23.4 Å². The molecule has 1 aliphatic heterocycles. The Morgan fingerprint density at radius 3 is 2.38 bits per heavy atom. The van der Waals surface area contributed by atoms with Gasteiger partial charge in [0, 0.05) is 18.7 Å². The van der Waals surface area contributed by atoms with Crippen LogP contribution >= 0.6 is 0 Å². The molecule has 148 valence electrons. The molecule has 0 saturated carbocycles. The lowest BCUT2D eigenvalue weighted by molar-refractivity contribution is -0.122. The lowest BCUT2D eigenvalue weighted by atomic mass is 10.1. The standard InChI is InChI=1S/C23H24N4O2/c1-15-9-11-19(12-10-15)26-14-18(13-21(26)28)23(29)24-22-16(2)25-27(17(22)3)20-7-5-4-6-8-20/h4-12,18H,13-14H2,1-3H3,(H,24,29)/t18-/m1/s1. The second-order valence-electron chi connectivity index (χ2n) is 7.52. The van der Waals surface area contributed by atoms with E-state index in [1.807, 2.05) is 80.1 Å². The predicted molar refractivity (Wildman–Crippen MR) is 113 cm³/mol. The molecular formula is C23H24N4O2. The fraction of sp³-hybridized carbons (Fsp3) is 0.261. The molecule has 1 fully saturated rings. The number of hydrogen-bond donors (Lipinski definition) is 1. The monoisotopic (exact) mass is 388 g/mol. The summed E-state index contributed by atoms with van der Waals surface area (Å²) in [5.74, 6) is -0.558. The maximum Gasteiger partial charge on any atom is 0.229 e. The molecular weight excluding hydrogens is 364 g/mol. The van der Waals surface area contributed by atoms with Gasteiger partial charge in [0.1, 0.15) is 0 Å². The molecule has 0 aliphatic carbocycles. The van der Waals surface area contributed by atoms with E-state index in [2.05, 4.69) is 10.4 Å². The topological polar surface area (TPSA) is 67.2 Å². The smallest absolute Gasteiger partial charge is 0.229 e. The van der Waals surface area contributed by atoms with Gasteiger partial charge in [-0.15, -0.1) is 0 Å². The zero-order chi connectivity index (χ0) is 20.5. The molecule has 1 N–H and O–H groups in total. The maximum absolute atomic E-state index is 12.9. The highest BCUT2D eigenvalue weighted by molar-refractivity contribution is 6.03. The van der Waals surface area contributed by atoms with Crippen molar-refractivity contribution in [3.05, 3.63) is 71.5 Å². The average Bonchev–Trinajstić information content (AvgIpc) is 3.24. The number of carbonyl (C=O) groups is 2. The van der Waals surface area contributed by atoms with Crippen molar-refractivity contribution in [2.45, 2.75) is 27.2 Å². The van der Waals surface area contributed by atoms with Crippen LogP contribution in [0.25, 0.3) is 5.69 Å². The van der Waals surface area contributed by atoms with Gasteiger partial charge in [0.25, 0.3) is 0 Å². The summed E-state index contributed by atoms with van der Waals surface area (Å²) in [6.07, 6.45) is 0.213. The first-order valence-corrected chi connectivity index (χ1v) is 9.73. The highest BCUT2D eigenvalue weighted by Gasteiger charge is 2.35. The number of anilines is 2. The Kier molecular flexibility index (Phi) is 4.92. The van der Waals surface area contributed by atoms with Crippen LogP contribution in [-0.2, 0) is 9.59 Å². The van der Waals surface area contributed by atoms with Crippen molar-refractivity contribution in [3.63, 3.8) is 0 Å². The Hall–Kier alpha value is -3.41. The zero-order valence-electron chi connectivity index (χ0n) is 16.8. The van der Waals surface area contributed by atoms with Crippen molar-refractivity contribution in [2.24, 2.45) is 5.92 Å². The third kappa shape index (κ3) is 3.66. The van der Waals surface area contributed by atoms with Crippen molar-refractivity contribution in [1.29, 1.82) is 0 Å². The average molecular weight is 388 g/mol. The summed E-state index contributed by atoms with van der Waals surface area (Å²) in [7, 11) is 0. The van der Waals surface area contributed by atoms with Gasteiger partial charge in [-0.2, -0.15) is 5.10 Å². The van der Waals surface area contributed by atoms with Gasteiger partial charge in [-0.25, -0.2) is 4.68 Å². The van der Waals surface area contributed by atoms with E-state index in [0.29, 0.717) is 12.2 Å². The van der Waals surface area contributed by atoms with Gasteiger partial charge in [-0.05, 0) is 45.0 Å². The quantitative estimate of drug-likeness (QED) is 0.739. The molecule has 6 nitrogen and oxygen atoms in total. The van der Waals surface area contributed by atoms with Crippen molar-refractivity contribution in [2.75, 3.05) is 16.8 Å². The predicted octanol–water partition coefficient (Wildman–Crippen LogP) is 3.79. The fourth-order valence-corrected chi connectivity index (χ4v) is 3.73. The molecule has 0 spiro atoms. The summed E-state index contributed by atoms with van der Waals surface area (Å²) >= 11 is 0. The Labute approximate surface area is 170 Å². The van der Waals surface area contributed by atoms with Crippen LogP contribution in [0.2, 0.25) is 0 Å². The van der Waals surface area contributed by atoms with Crippen LogP contribution < -0.4 is 10.2 Å². The van der Waals surface area contributed by atoms with E-state index in [1.165, 1.54) is 0 Å². The first-order valence-electron chi connectivity index (χ1n) is 9.73. The van der Waals surface area contributed by atoms with Crippen molar-refractivity contribution in [3.8, 4) is 5.69 Å². The Morgan fingerprint density at radius 1 is 1.00 bits per heavy atom. The second kappa shape index (κ2) is 7.54. The van der Waals surface area contributed by atoms with Crippen molar-refractivity contribution >= 4 is 23.2 Å². The number of nitrogens with one attached hydrogen (secondary N) is 1. The summed E-state index contributed by atoms with van der Waals surface area (Å²) < 4.78 is 1.82. The Bertz CT molecular complexity index is 1050. The largest absolute Gasteiger partial charge is 0.323 e. The van der Waals surface area contributed by atoms with Crippen LogP contribution in [-0.4, -0.2) is 28.1 Å². The molecule has 3 aromatic rings. The molecule has 1 atom stereocenters. The molecule has 0 radical (unpaired) electrons. The first-order chi connectivity index (χ1) is 13.9. The number of aryl methyl sites for hydroxylation is 2. The van der Waals surface area contributed by atoms with E-state index in [0.717, 1.165) is 28.3 Å². The van der Waals surface area contributed by atoms with Gasteiger partial charge in [0.15, 0.2) is 0 Å². The normalized spacial score (nSPS) is 16.3. The minimum atomic E-state index is -0.386. The van der Waals surface area contributed by atoms with Gasteiger partial charge >= 0.3 is 0 Å². The lowest BCUT2D eigenvalue weighted by Crippen LogP contribution is -2.28. The molecule has 1 saturated heterocycles. The third-order valence-electron chi connectivity index (χ3n) is 5.38. The van der Waals surface area contributed by atoms with Crippen LogP contribution in [0.5, 0.6) is 0 Å². The summed E-state index contributed by atoms with van der Waals surface area (Å²) in [6, 6.07) is 17.6. The number of para-hydroxylation sites is 1. The van der Waals surface area contributed by atoms with Gasteiger partial charge in [-0.1, -0.05) is 35.9 Å². The van der Waals surface area contributed by atoms with Crippen LogP contribution in [0.4, 0.5) is 11.4 Å². The highest BCUT2D eigenvalue weighted by atomic mass is 16.2. The van der Waals surface area contributed by atoms with E-state index in [9.17, 15) is 9.59 Å². The zero-order valence-corrected chi connectivity index (χ0v) is 16.8. The Balaban J connectivity index is 1.51. The van der Waals surface area contributed by atoms with E-state index < -0.39 is 0 Å². The van der Waals surface area contributed by atoms with E-state index in [4.69, 9.17) is 0 Å². The number of aromatic nitrogens is 2. The van der Waals surface area contributed by atoms with Crippen LogP contribution in [0, 0.1) is 26.7 Å². The summed E-state index contributed by atoms with van der Waals surface area (Å²) in [6.45, 7) is 6.20. The van der Waals surface area contributed by atoms with Crippen molar-refractivity contribution in [1.82, 2.24) is 9.78 Å². The molecule has 2 aromatic carbocycles. The molecule has 2 amide bonds. The summed E-state index contributed by atoms with van der Waals surface area (Å²) in [5.41, 5.74) is 5.23. The number of hydrogen-bond acceptors (Lipinski definition) is 3. The molecule has 2 heterocycles. The number of benzene rings is 2. The van der Waals surface area contributed by atoms with Crippen LogP contribution in [0.3, 0.4) is 0 Å². The first kappa shape index (κ1) is 18.9. The number of carbonyl (C=O) groups excluding carboxylic acids is 2. The van der Waals surface area contributed by atoms with Crippen molar-refractivity contribution < 1.29 is 9.59 Å². The highest BCUT2D eigenvalue weighted by Crippen LogP contribution is 2.28. The van der Waals surface area contributed by atoms with Gasteiger partial charge in [-0.3, -0.25) is 9.59 Å². The minimum Gasteiger partial charge on any atom is -0.323 e. The van der Waals surface area contributed by atoms with Gasteiger partial charge in [0.05, 0.1) is 28.7 Å². The number of amides is 2. The molecule has 6 heteroatoms. The maximum atomic E-state index is 12.9. The molecule has 0 unspecified atom stereocenters. The number of nitrogens with zero attached hydrogens (tertiary/aromatic N) is 3. The lowest BCUT2D eigenvalue weighted by Gasteiger charge is -2.17. The molecule has 4 rings (SSSR count). The van der Waals surface area contributed by atoms with Gasteiger partial charge in [0.2, 0.25) is 11.8 Å². The van der Waals surface area contributed by atoms with E-state index >= 15 is 0 Å². The fourth-order valence-electron chi connectivity index (χ4n) is 3.73. The molecule has 0 bridgehead atoms. The SMILES string of the molecule is Cc1ccc(N2C[C@H](C(=O)Nc3c(C)nn(-c4ccccc4)c3C)CC2=O)cc1. The minimum absolute atomic E-state index is 0.0255. The van der Waals surface area contributed by atoms with E-state index in [1.54, 1.807) is 4.90 Å². The summed E-state index contributed by atoms with van der Waals surface area (Å²) in [4.78, 5) is 27.1.